The molecule has 114 valence electrons. The molecule has 2 unspecified atom stereocenters. The number of aryl methyl sites for hydroxylation is 1. The fourth-order valence-electron chi connectivity index (χ4n) is 2.47. The minimum Gasteiger partial charge on any atom is -0.377 e. The van der Waals surface area contributed by atoms with Gasteiger partial charge in [-0.1, -0.05) is 32.4 Å². The van der Waals surface area contributed by atoms with Crippen LogP contribution in [0.15, 0.2) is 18.2 Å². The number of halogens is 1. The number of benzene rings is 1. The van der Waals surface area contributed by atoms with Crippen molar-refractivity contribution in [2.75, 3.05) is 13.2 Å². The molecule has 0 heterocycles. The predicted molar refractivity (Wildman–Crippen MR) is 82.5 cm³/mol. The number of hydrogen-bond acceptors (Lipinski definition) is 2. The number of ether oxygens (including phenoxy) is 1. The van der Waals surface area contributed by atoms with Crippen LogP contribution in [0.3, 0.4) is 0 Å². The molecular weight excluding hydrogens is 253 g/mol. The van der Waals surface area contributed by atoms with E-state index >= 15 is 0 Å². The summed E-state index contributed by atoms with van der Waals surface area (Å²) in [4.78, 5) is 0. The number of rotatable bonds is 9. The fourth-order valence-corrected chi connectivity index (χ4v) is 2.47. The highest BCUT2D eigenvalue weighted by molar-refractivity contribution is 5.27. The summed E-state index contributed by atoms with van der Waals surface area (Å²) in [5.74, 6) is -0.147. The van der Waals surface area contributed by atoms with Crippen LogP contribution in [0.2, 0.25) is 0 Å². The van der Waals surface area contributed by atoms with Crippen LogP contribution in [0.1, 0.15) is 57.2 Å². The monoisotopic (exact) mass is 281 g/mol. The Morgan fingerprint density at radius 3 is 2.50 bits per heavy atom. The van der Waals surface area contributed by atoms with E-state index in [0.717, 1.165) is 31.4 Å². The molecule has 0 spiro atoms. The molecule has 0 saturated carbocycles. The molecule has 20 heavy (non-hydrogen) atoms. The third-order valence-corrected chi connectivity index (χ3v) is 3.48. The van der Waals surface area contributed by atoms with Crippen LogP contribution in [-0.4, -0.2) is 19.3 Å². The Morgan fingerprint density at radius 2 is 1.95 bits per heavy atom. The molecule has 0 aromatic heterocycles. The van der Waals surface area contributed by atoms with Gasteiger partial charge in [-0.25, -0.2) is 4.39 Å². The van der Waals surface area contributed by atoms with Gasteiger partial charge >= 0.3 is 0 Å². The second kappa shape index (κ2) is 9.09. The lowest BCUT2D eigenvalue weighted by atomic mass is 9.96. The molecule has 0 radical (unpaired) electrons. The number of nitrogens with one attached hydrogen (secondary N) is 1. The maximum absolute atomic E-state index is 13.5. The van der Waals surface area contributed by atoms with Gasteiger partial charge in [0, 0.05) is 6.61 Å². The third kappa shape index (κ3) is 4.88. The maximum atomic E-state index is 13.5. The average Bonchev–Trinajstić information content (AvgIpc) is 2.43. The van der Waals surface area contributed by atoms with Crippen molar-refractivity contribution in [1.29, 1.82) is 0 Å². The van der Waals surface area contributed by atoms with E-state index in [2.05, 4.69) is 19.2 Å². The van der Waals surface area contributed by atoms with Crippen LogP contribution in [0.5, 0.6) is 0 Å². The molecule has 0 amide bonds. The van der Waals surface area contributed by atoms with E-state index < -0.39 is 0 Å². The molecule has 2 atom stereocenters. The molecule has 1 aromatic rings. The van der Waals surface area contributed by atoms with Gasteiger partial charge in [0.1, 0.15) is 5.82 Å². The normalized spacial score (nSPS) is 14.2. The van der Waals surface area contributed by atoms with Gasteiger partial charge in [-0.15, -0.1) is 0 Å². The smallest absolute Gasteiger partial charge is 0.126 e. The second-order valence-electron chi connectivity index (χ2n) is 5.22. The Morgan fingerprint density at radius 1 is 1.20 bits per heavy atom. The lowest BCUT2D eigenvalue weighted by Gasteiger charge is -2.28. The van der Waals surface area contributed by atoms with Crippen LogP contribution in [0.25, 0.3) is 0 Å². The first kappa shape index (κ1) is 17.1. The Kier molecular flexibility index (Phi) is 7.78. The van der Waals surface area contributed by atoms with Gasteiger partial charge in [-0.2, -0.15) is 0 Å². The van der Waals surface area contributed by atoms with Crippen LogP contribution < -0.4 is 5.32 Å². The SMILES string of the molecule is CCCNC(c1ccc(F)c(C)c1)C(CCC)OCC. The van der Waals surface area contributed by atoms with E-state index in [1.165, 1.54) is 0 Å². The van der Waals surface area contributed by atoms with Crippen LogP contribution in [-0.2, 0) is 4.74 Å². The van der Waals surface area contributed by atoms with Crippen molar-refractivity contribution in [2.45, 2.75) is 59.1 Å². The first-order valence-corrected chi connectivity index (χ1v) is 7.75. The van der Waals surface area contributed by atoms with Gasteiger partial charge < -0.3 is 10.1 Å². The summed E-state index contributed by atoms with van der Waals surface area (Å²) in [6, 6.07) is 5.50. The van der Waals surface area contributed by atoms with E-state index in [-0.39, 0.29) is 18.0 Å². The van der Waals surface area contributed by atoms with Crippen molar-refractivity contribution >= 4 is 0 Å². The van der Waals surface area contributed by atoms with Crippen molar-refractivity contribution < 1.29 is 9.13 Å². The maximum Gasteiger partial charge on any atom is 0.126 e. The summed E-state index contributed by atoms with van der Waals surface area (Å²) < 4.78 is 19.4. The van der Waals surface area contributed by atoms with Gasteiger partial charge in [0.2, 0.25) is 0 Å². The predicted octanol–water partition coefficient (Wildman–Crippen LogP) is 4.38. The Bertz CT molecular complexity index is 389. The van der Waals surface area contributed by atoms with Gasteiger partial charge in [-0.3, -0.25) is 0 Å². The molecule has 3 heteroatoms. The summed E-state index contributed by atoms with van der Waals surface area (Å²) >= 11 is 0. The minimum atomic E-state index is -0.147. The lowest BCUT2D eigenvalue weighted by molar-refractivity contribution is 0.0276. The highest BCUT2D eigenvalue weighted by Crippen LogP contribution is 2.24. The number of hydrogen-bond donors (Lipinski definition) is 1. The lowest BCUT2D eigenvalue weighted by Crippen LogP contribution is -2.34. The average molecular weight is 281 g/mol. The molecule has 0 fully saturated rings. The van der Waals surface area contributed by atoms with Crippen molar-refractivity contribution in [2.24, 2.45) is 0 Å². The zero-order chi connectivity index (χ0) is 15.0. The summed E-state index contributed by atoms with van der Waals surface area (Å²) in [5, 5.41) is 3.55. The standard InChI is InChI=1S/C17H28FNO/c1-5-8-16(20-7-3)17(19-11-6-2)14-9-10-15(18)13(4)12-14/h9-10,12,16-17,19H,5-8,11H2,1-4H3. The second-order valence-corrected chi connectivity index (χ2v) is 5.22. The summed E-state index contributed by atoms with van der Waals surface area (Å²) in [6.07, 6.45) is 3.30. The van der Waals surface area contributed by atoms with Crippen molar-refractivity contribution in [3.8, 4) is 0 Å². The molecule has 0 bridgehead atoms. The molecule has 0 aliphatic rings. The van der Waals surface area contributed by atoms with Crippen LogP contribution >= 0.6 is 0 Å². The zero-order valence-electron chi connectivity index (χ0n) is 13.2. The van der Waals surface area contributed by atoms with Crippen LogP contribution in [0, 0.1) is 12.7 Å². The Labute approximate surface area is 122 Å². The topological polar surface area (TPSA) is 21.3 Å². The van der Waals surface area contributed by atoms with E-state index in [1.54, 1.807) is 6.07 Å². The van der Waals surface area contributed by atoms with Crippen molar-refractivity contribution in [1.82, 2.24) is 5.32 Å². The first-order valence-electron chi connectivity index (χ1n) is 7.75. The summed E-state index contributed by atoms with van der Waals surface area (Å²) in [6.45, 7) is 9.79. The summed E-state index contributed by atoms with van der Waals surface area (Å²) in [7, 11) is 0. The molecule has 0 aliphatic carbocycles. The Balaban J connectivity index is 2.98. The molecule has 1 N–H and O–H groups in total. The zero-order valence-corrected chi connectivity index (χ0v) is 13.2. The first-order chi connectivity index (χ1) is 9.63. The molecule has 1 aromatic carbocycles. The van der Waals surface area contributed by atoms with Gasteiger partial charge in [0.25, 0.3) is 0 Å². The summed E-state index contributed by atoms with van der Waals surface area (Å²) in [5.41, 5.74) is 1.81. The third-order valence-electron chi connectivity index (χ3n) is 3.48. The van der Waals surface area contributed by atoms with E-state index in [9.17, 15) is 4.39 Å². The molecule has 1 rings (SSSR count). The quantitative estimate of drug-likeness (QED) is 0.725. The molecule has 0 aliphatic heterocycles. The largest absolute Gasteiger partial charge is 0.377 e. The van der Waals surface area contributed by atoms with Gasteiger partial charge in [-0.05, 0) is 50.4 Å². The molecule has 2 nitrogen and oxygen atoms in total. The fraction of sp³-hybridized carbons (Fsp3) is 0.647. The highest BCUT2D eigenvalue weighted by Gasteiger charge is 2.22. The molecule has 0 saturated heterocycles. The van der Waals surface area contributed by atoms with E-state index in [4.69, 9.17) is 4.74 Å². The van der Waals surface area contributed by atoms with Crippen LogP contribution in [0.4, 0.5) is 4.39 Å². The van der Waals surface area contributed by atoms with Gasteiger partial charge in [0.05, 0.1) is 12.1 Å². The van der Waals surface area contributed by atoms with E-state index in [0.29, 0.717) is 12.2 Å². The van der Waals surface area contributed by atoms with E-state index in [1.807, 2.05) is 26.0 Å². The minimum absolute atomic E-state index is 0.133. The van der Waals surface area contributed by atoms with Gasteiger partial charge in [0.15, 0.2) is 0 Å². The molecular formula is C17H28FNO. The van der Waals surface area contributed by atoms with Crippen molar-refractivity contribution in [3.05, 3.63) is 35.1 Å². The Hall–Kier alpha value is -0.930. The van der Waals surface area contributed by atoms with Crippen molar-refractivity contribution in [3.63, 3.8) is 0 Å². The highest BCUT2D eigenvalue weighted by atomic mass is 19.1.